The second kappa shape index (κ2) is 3.38. The molecule has 2 aromatic rings. The summed E-state index contributed by atoms with van der Waals surface area (Å²) in [7, 11) is 0. The molecule has 0 bridgehead atoms. The lowest BCUT2D eigenvalue weighted by Crippen LogP contribution is -1.85. The van der Waals surface area contributed by atoms with Crippen molar-refractivity contribution >= 4 is 0 Å². The smallest absolute Gasteiger partial charge is 0.257 e. The van der Waals surface area contributed by atoms with Crippen molar-refractivity contribution in [1.29, 1.82) is 0 Å². The Balaban J connectivity index is 2.55. The second-order valence-corrected chi connectivity index (χ2v) is 3.61. The van der Waals surface area contributed by atoms with E-state index in [-0.39, 0.29) is 0 Å². The van der Waals surface area contributed by atoms with E-state index in [2.05, 4.69) is 10.1 Å². The third kappa shape index (κ3) is 1.70. The van der Waals surface area contributed by atoms with Gasteiger partial charge in [-0.15, -0.1) is 0 Å². The molecular weight excluding hydrogens is 192 g/mol. The molecule has 1 aromatic heterocycles. The molecule has 78 valence electrons. The van der Waals surface area contributed by atoms with Gasteiger partial charge in [-0.3, -0.25) is 0 Å². The van der Waals surface area contributed by atoms with Gasteiger partial charge in [0.1, 0.15) is 5.75 Å². The molecule has 0 amide bonds. The van der Waals surface area contributed by atoms with Crippen LogP contribution in [0.15, 0.2) is 16.7 Å². The van der Waals surface area contributed by atoms with Crippen molar-refractivity contribution in [3.8, 4) is 17.2 Å². The zero-order chi connectivity index (χ0) is 11.0. The van der Waals surface area contributed by atoms with Crippen LogP contribution >= 0.6 is 0 Å². The number of aromatic hydroxyl groups is 1. The molecule has 0 aliphatic rings. The zero-order valence-electron chi connectivity index (χ0n) is 8.90. The van der Waals surface area contributed by atoms with Crippen molar-refractivity contribution in [3.05, 3.63) is 29.1 Å². The molecule has 15 heavy (non-hydrogen) atoms. The molecule has 4 heteroatoms. The SMILES string of the molecule is Cc1noc(-c2cc(C)c(O)c(C)c2)n1. The molecule has 0 spiro atoms. The van der Waals surface area contributed by atoms with Crippen LogP contribution < -0.4 is 0 Å². The highest BCUT2D eigenvalue weighted by Crippen LogP contribution is 2.27. The fourth-order valence-electron chi connectivity index (χ4n) is 1.49. The van der Waals surface area contributed by atoms with Crippen LogP contribution in [0.1, 0.15) is 17.0 Å². The molecule has 0 fully saturated rings. The largest absolute Gasteiger partial charge is 0.507 e. The van der Waals surface area contributed by atoms with Crippen LogP contribution in [0.2, 0.25) is 0 Å². The topological polar surface area (TPSA) is 59.2 Å². The van der Waals surface area contributed by atoms with Gasteiger partial charge >= 0.3 is 0 Å². The first-order valence-corrected chi connectivity index (χ1v) is 4.69. The second-order valence-electron chi connectivity index (χ2n) is 3.61. The summed E-state index contributed by atoms with van der Waals surface area (Å²) in [5.74, 6) is 1.40. The van der Waals surface area contributed by atoms with E-state index in [0.29, 0.717) is 17.5 Å². The summed E-state index contributed by atoms with van der Waals surface area (Å²) < 4.78 is 5.06. The maximum atomic E-state index is 9.62. The van der Waals surface area contributed by atoms with Crippen molar-refractivity contribution in [2.45, 2.75) is 20.8 Å². The molecule has 0 saturated heterocycles. The highest BCUT2D eigenvalue weighted by atomic mass is 16.5. The molecule has 0 atom stereocenters. The predicted octanol–water partition coefficient (Wildman–Crippen LogP) is 2.37. The van der Waals surface area contributed by atoms with Gasteiger partial charge in [-0.25, -0.2) is 0 Å². The van der Waals surface area contributed by atoms with Crippen molar-refractivity contribution in [1.82, 2.24) is 10.1 Å². The van der Waals surface area contributed by atoms with Gasteiger partial charge in [-0.2, -0.15) is 4.98 Å². The lowest BCUT2D eigenvalue weighted by atomic mass is 10.1. The Bertz CT molecular complexity index is 480. The first-order chi connectivity index (χ1) is 7.08. The summed E-state index contributed by atoms with van der Waals surface area (Å²) in [5.41, 5.74) is 2.45. The van der Waals surface area contributed by atoms with Crippen molar-refractivity contribution in [2.24, 2.45) is 0 Å². The van der Waals surface area contributed by atoms with Crippen LogP contribution in [0.3, 0.4) is 0 Å². The van der Waals surface area contributed by atoms with Gasteiger partial charge in [0.05, 0.1) is 0 Å². The van der Waals surface area contributed by atoms with Crippen LogP contribution in [0.5, 0.6) is 5.75 Å². The Morgan fingerprint density at radius 3 is 2.20 bits per heavy atom. The van der Waals surface area contributed by atoms with Crippen molar-refractivity contribution in [3.63, 3.8) is 0 Å². The van der Waals surface area contributed by atoms with Gasteiger partial charge in [-0.1, -0.05) is 5.16 Å². The third-order valence-corrected chi connectivity index (χ3v) is 2.27. The van der Waals surface area contributed by atoms with Crippen molar-refractivity contribution in [2.75, 3.05) is 0 Å². The zero-order valence-corrected chi connectivity index (χ0v) is 8.90. The number of phenolic OH excluding ortho intramolecular Hbond substituents is 1. The molecule has 0 radical (unpaired) electrons. The summed E-state index contributed by atoms with van der Waals surface area (Å²) in [6.45, 7) is 5.46. The summed E-state index contributed by atoms with van der Waals surface area (Å²) in [6, 6.07) is 3.66. The Morgan fingerprint density at radius 1 is 1.13 bits per heavy atom. The number of rotatable bonds is 1. The Hall–Kier alpha value is -1.84. The quantitative estimate of drug-likeness (QED) is 0.774. The average molecular weight is 204 g/mol. The number of aromatic nitrogens is 2. The maximum Gasteiger partial charge on any atom is 0.257 e. The lowest BCUT2D eigenvalue weighted by Gasteiger charge is -2.04. The minimum absolute atomic E-state index is 0.315. The Kier molecular flexibility index (Phi) is 2.19. The average Bonchev–Trinajstić information content (AvgIpc) is 2.60. The van der Waals surface area contributed by atoms with E-state index in [9.17, 15) is 5.11 Å². The minimum Gasteiger partial charge on any atom is -0.507 e. The first kappa shape index (κ1) is 9.71. The molecular formula is C11H12N2O2. The van der Waals surface area contributed by atoms with Gasteiger partial charge in [0.25, 0.3) is 5.89 Å². The van der Waals surface area contributed by atoms with Crippen LogP contribution in [0, 0.1) is 20.8 Å². The molecule has 0 saturated carbocycles. The summed E-state index contributed by atoms with van der Waals surface area (Å²) >= 11 is 0. The fourth-order valence-corrected chi connectivity index (χ4v) is 1.49. The van der Waals surface area contributed by atoms with Crippen LogP contribution in [-0.2, 0) is 0 Å². The van der Waals surface area contributed by atoms with E-state index in [1.54, 1.807) is 6.92 Å². The standard InChI is InChI=1S/C11H12N2O2/c1-6-4-9(5-7(2)10(6)14)11-12-8(3)13-15-11/h4-5,14H,1-3H3. The molecule has 2 rings (SSSR count). The number of hydrogen-bond acceptors (Lipinski definition) is 4. The van der Waals surface area contributed by atoms with Crippen LogP contribution in [0.25, 0.3) is 11.5 Å². The van der Waals surface area contributed by atoms with Gasteiger partial charge in [0, 0.05) is 5.56 Å². The molecule has 0 aliphatic heterocycles. The Labute approximate surface area is 87.6 Å². The van der Waals surface area contributed by atoms with E-state index in [1.165, 1.54) is 0 Å². The molecule has 0 unspecified atom stereocenters. The number of benzene rings is 1. The molecule has 1 heterocycles. The van der Waals surface area contributed by atoms with E-state index < -0.39 is 0 Å². The maximum absolute atomic E-state index is 9.62. The lowest BCUT2D eigenvalue weighted by molar-refractivity contribution is 0.425. The van der Waals surface area contributed by atoms with E-state index in [4.69, 9.17) is 4.52 Å². The van der Waals surface area contributed by atoms with Gasteiger partial charge < -0.3 is 9.63 Å². The summed E-state index contributed by atoms with van der Waals surface area (Å²) in [6.07, 6.45) is 0. The summed E-state index contributed by atoms with van der Waals surface area (Å²) in [5, 5.41) is 13.3. The number of hydrogen-bond donors (Lipinski definition) is 1. The van der Waals surface area contributed by atoms with E-state index >= 15 is 0 Å². The first-order valence-electron chi connectivity index (χ1n) is 4.69. The highest BCUT2D eigenvalue weighted by Gasteiger charge is 2.10. The molecule has 4 nitrogen and oxygen atoms in total. The third-order valence-electron chi connectivity index (χ3n) is 2.27. The highest BCUT2D eigenvalue weighted by molar-refractivity contribution is 5.59. The Morgan fingerprint density at radius 2 is 1.73 bits per heavy atom. The van der Waals surface area contributed by atoms with Crippen molar-refractivity contribution < 1.29 is 9.63 Å². The van der Waals surface area contributed by atoms with Crippen LogP contribution in [0.4, 0.5) is 0 Å². The van der Waals surface area contributed by atoms with Gasteiger partial charge in [-0.05, 0) is 44.0 Å². The monoisotopic (exact) mass is 204 g/mol. The van der Waals surface area contributed by atoms with E-state index in [1.807, 2.05) is 26.0 Å². The molecule has 1 N–H and O–H groups in total. The number of phenols is 1. The van der Waals surface area contributed by atoms with Gasteiger partial charge in [0.2, 0.25) is 0 Å². The number of nitrogens with zero attached hydrogens (tertiary/aromatic N) is 2. The van der Waals surface area contributed by atoms with Gasteiger partial charge in [0.15, 0.2) is 5.82 Å². The predicted molar refractivity (Wildman–Crippen MR) is 55.6 cm³/mol. The molecule has 0 aliphatic carbocycles. The molecule has 1 aromatic carbocycles. The normalized spacial score (nSPS) is 10.6. The minimum atomic E-state index is 0.315. The summed E-state index contributed by atoms with van der Waals surface area (Å²) in [4.78, 5) is 4.13. The van der Waals surface area contributed by atoms with Crippen LogP contribution in [-0.4, -0.2) is 15.2 Å². The fraction of sp³-hybridized carbons (Fsp3) is 0.273. The number of aryl methyl sites for hydroxylation is 3. The van der Waals surface area contributed by atoms with E-state index in [0.717, 1.165) is 16.7 Å².